The smallest absolute Gasteiger partial charge is 0.287 e. The highest BCUT2D eigenvalue weighted by molar-refractivity contribution is 5.99. The maximum atomic E-state index is 12.5. The molecule has 4 rings (SSSR count). The zero-order chi connectivity index (χ0) is 15.3. The van der Waals surface area contributed by atoms with Crippen molar-refractivity contribution in [3.8, 4) is 5.75 Å². The fourth-order valence-electron chi connectivity index (χ4n) is 3.55. The van der Waals surface area contributed by atoms with E-state index < -0.39 is 0 Å². The molecule has 5 nitrogen and oxygen atoms in total. The summed E-state index contributed by atoms with van der Waals surface area (Å²) in [5.74, 6) is 1.44. The molecule has 1 N–H and O–H groups in total. The lowest BCUT2D eigenvalue weighted by Crippen LogP contribution is -2.53. The van der Waals surface area contributed by atoms with Crippen molar-refractivity contribution in [2.24, 2.45) is 5.92 Å². The van der Waals surface area contributed by atoms with Crippen molar-refractivity contribution in [1.82, 2.24) is 5.32 Å². The van der Waals surface area contributed by atoms with Gasteiger partial charge in [-0.3, -0.25) is 4.79 Å². The second kappa shape index (κ2) is 5.02. The summed E-state index contributed by atoms with van der Waals surface area (Å²) in [5.41, 5.74) is 1.55. The topological polar surface area (TPSA) is 60.7 Å². The number of hydrogen-bond acceptors (Lipinski definition) is 4. The van der Waals surface area contributed by atoms with E-state index in [0.717, 1.165) is 36.1 Å². The van der Waals surface area contributed by atoms with Crippen molar-refractivity contribution in [2.75, 3.05) is 13.7 Å². The molecule has 2 fully saturated rings. The number of methoxy groups -OCH3 is 1. The predicted octanol–water partition coefficient (Wildman–Crippen LogP) is 2.66. The van der Waals surface area contributed by atoms with E-state index in [1.165, 1.54) is 0 Å². The first-order valence-electron chi connectivity index (χ1n) is 7.67. The van der Waals surface area contributed by atoms with E-state index in [0.29, 0.717) is 23.4 Å². The number of furan rings is 1. The fourth-order valence-corrected chi connectivity index (χ4v) is 3.55. The Morgan fingerprint density at radius 1 is 1.41 bits per heavy atom. The van der Waals surface area contributed by atoms with E-state index in [4.69, 9.17) is 13.9 Å². The van der Waals surface area contributed by atoms with Gasteiger partial charge in [0.1, 0.15) is 11.3 Å². The molecule has 1 amide bonds. The summed E-state index contributed by atoms with van der Waals surface area (Å²) in [6, 6.07) is 5.82. The lowest BCUT2D eigenvalue weighted by molar-refractivity contribution is 0.00774. The Labute approximate surface area is 128 Å². The van der Waals surface area contributed by atoms with Crippen LogP contribution in [0, 0.1) is 12.8 Å². The van der Waals surface area contributed by atoms with Gasteiger partial charge >= 0.3 is 0 Å². The number of nitrogens with one attached hydrogen (secondary N) is 1. The molecule has 1 aromatic carbocycles. The van der Waals surface area contributed by atoms with Crippen molar-refractivity contribution in [3.63, 3.8) is 0 Å². The molecule has 116 valence electrons. The maximum absolute atomic E-state index is 12.5. The first-order valence-corrected chi connectivity index (χ1v) is 7.67. The van der Waals surface area contributed by atoms with E-state index in [2.05, 4.69) is 5.32 Å². The zero-order valence-electron chi connectivity index (χ0n) is 12.7. The van der Waals surface area contributed by atoms with Crippen molar-refractivity contribution < 1.29 is 18.7 Å². The SMILES string of the molecule is COc1ccc2c(C)c(C(=O)N[C@H]3C[C@@H]4OCC[C@H]34)oc2c1. The molecule has 1 aliphatic heterocycles. The summed E-state index contributed by atoms with van der Waals surface area (Å²) in [6.07, 6.45) is 2.28. The van der Waals surface area contributed by atoms with Crippen LogP contribution in [-0.2, 0) is 4.74 Å². The molecular weight excluding hydrogens is 282 g/mol. The zero-order valence-corrected chi connectivity index (χ0v) is 12.7. The third kappa shape index (κ3) is 2.00. The average molecular weight is 301 g/mol. The molecule has 1 saturated carbocycles. The van der Waals surface area contributed by atoms with Crippen LogP contribution in [-0.4, -0.2) is 31.8 Å². The van der Waals surface area contributed by atoms with E-state index in [-0.39, 0.29) is 11.9 Å². The van der Waals surface area contributed by atoms with Gasteiger partial charge in [0, 0.05) is 35.6 Å². The highest BCUT2D eigenvalue weighted by Crippen LogP contribution is 2.39. The van der Waals surface area contributed by atoms with Crippen LogP contribution in [0.15, 0.2) is 22.6 Å². The standard InChI is InChI=1S/C17H19NO4/c1-9-11-4-3-10(20-2)7-15(11)22-16(9)17(19)18-13-8-14-12(13)5-6-21-14/h3-4,7,12-14H,5-6,8H2,1-2H3,(H,18,19)/t12-,13+,14+/m1/s1. The van der Waals surface area contributed by atoms with Gasteiger partial charge < -0.3 is 19.2 Å². The Bertz CT molecular complexity index is 736. The number of carbonyl (C=O) groups excluding carboxylic acids is 1. The van der Waals surface area contributed by atoms with Gasteiger partial charge in [0.05, 0.1) is 13.2 Å². The highest BCUT2D eigenvalue weighted by atomic mass is 16.5. The Balaban J connectivity index is 1.57. The number of rotatable bonds is 3. The van der Waals surface area contributed by atoms with Gasteiger partial charge in [-0.1, -0.05) is 0 Å². The molecule has 5 heteroatoms. The second-order valence-electron chi connectivity index (χ2n) is 6.10. The number of hydrogen-bond donors (Lipinski definition) is 1. The summed E-state index contributed by atoms with van der Waals surface area (Å²) in [5, 5.41) is 4.04. The van der Waals surface area contributed by atoms with Crippen molar-refractivity contribution in [1.29, 1.82) is 0 Å². The van der Waals surface area contributed by atoms with Crippen LogP contribution in [0.3, 0.4) is 0 Å². The Hall–Kier alpha value is -2.01. The molecule has 2 aliphatic rings. The Morgan fingerprint density at radius 2 is 2.27 bits per heavy atom. The lowest BCUT2D eigenvalue weighted by Gasteiger charge is -2.39. The molecule has 0 bridgehead atoms. The van der Waals surface area contributed by atoms with Gasteiger partial charge in [-0.25, -0.2) is 0 Å². The number of carbonyl (C=O) groups is 1. The molecule has 0 spiro atoms. The van der Waals surface area contributed by atoms with Crippen LogP contribution in [0.25, 0.3) is 11.0 Å². The second-order valence-corrected chi connectivity index (χ2v) is 6.10. The molecule has 22 heavy (non-hydrogen) atoms. The molecule has 1 saturated heterocycles. The third-order valence-electron chi connectivity index (χ3n) is 4.93. The molecule has 2 aromatic rings. The summed E-state index contributed by atoms with van der Waals surface area (Å²) < 4.78 is 16.5. The summed E-state index contributed by atoms with van der Waals surface area (Å²) >= 11 is 0. The van der Waals surface area contributed by atoms with E-state index in [1.807, 2.05) is 25.1 Å². The summed E-state index contributed by atoms with van der Waals surface area (Å²) in [4.78, 5) is 12.5. The van der Waals surface area contributed by atoms with Gasteiger partial charge in [-0.2, -0.15) is 0 Å². The maximum Gasteiger partial charge on any atom is 0.287 e. The Kier molecular flexibility index (Phi) is 3.11. The van der Waals surface area contributed by atoms with Crippen molar-refractivity contribution in [3.05, 3.63) is 29.5 Å². The van der Waals surface area contributed by atoms with E-state index >= 15 is 0 Å². The minimum absolute atomic E-state index is 0.136. The largest absolute Gasteiger partial charge is 0.497 e. The van der Waals surface area contributed by atoms with Crippen LogP contribution in [0.2, 0.25) is 0 Å². The monoisotopic (exact) mass is 301 g/mol. The van der Waals surface area contributed by atoms with Gasteiger partial charge in [0.15, 0.2) is 5.76 Å². The molecule has 0 radical (unpaired) electrons. The van der Waals surface area contributed by atoms with Gasteiger partial charge in [-0.05, 0) is 31.9 Å². The molecule has 1 aliphatic carbocycles. The average Bonchev–Trinajstić information content (AvgIpc) is 3.05. The molecule has 0 unspecified atom stereocenters. The Morgan fingerprint density at radius 3 is 3.05 bits per heavy atom. The first-order chi connectivity index (χ1) is 10.7. The van der Waals surface area contributed by atoms with Crippen LogP contribution in [0.5, 0.6) is 5.75 Å². The summed E-state index contributed by atoms with van der Waals surface area (Å²) in [6.45, 7) is 2.72. The van der Waals surface area contributed by atoms with Crippen LogP contribution >= 0.6 is 0 Å². The highest BCUT2D eigenvalue weighted by Gasteiger charge is 2.46. The van der Waals surface area contributed by atoms with E-state index in [9.17, 15) is 4.79 Å². The van der Waals surface area contributed by atoms with Gasteiger partial charge in [0.2, 0.25) is 0 Å². The molecule has 2 heterocycles. The molecular formula is C17H19NO4. The predicted molar refractivity (Wildman–Crippen MR) is 81.2 cm³/mol. The quantitative estimate of drug-likeness (QED) is 0.947. The molecule has 3 atom stereocenters. The number of ether oxygens (including phenoxy) is 2. The number of aryl methyl sites for hydroxylation is 1. The minimum Gasteiger partial charge on any atom is -0.497 e. The van der Waals surface area contributed by atoms with Crippen molar-refractivity contribution >= 4 is 16.9 Å². The normalized spacial score (nSPS) is 26.5. The number of fused-ring (bicyclic) bond motifs is 2. The molecule has 1 aromatic heterocycles. The number of amides is 1. The fraction of sp³-hybridized carbons (Fsp3) is 0.471. The first kappa shape index (κ1) is 13.6. The van der Waals surface area contributed by atoms with Gasteiger partial charge in [-0.15, -0.1) is 0 Å². The van der Waals surface area contributed by atoms with Crippen LogP contribution < -0.4 is 10.1 Å². The van der Waals surface area contributed by atoms with E-state index in [1.54, 1.807) is 7.11 Å². The summed E-state index contributed by atoms with van der Waals surface area (Å²) in [7, 11) is 1.61. The van der Waals surface area contributed by atoms with Crippen LogP contribution in [0.1, 0.15) is 29.0 Å². The number of benzene rings is 1. The minimum atomic E-state index is -0.136. The van der Waals surface area contributed by atoms with Gasteiger partial charge in [0.25, 0.3) is 5.91 Å². The van der Waals surface area contributed by atoms with Crippen molar-refractivity contribution in [2.45, 2.75) is 31.9 Å². The van der Waals surface area contributed by atoms with Crippen LogP contribution in [0.4, 0.5) is 0 Å². The third-order valence-corrected chi connectivity index (χ3v) is 4.93. The lowest BCUT2D eigenvalue weighted by atomic mass is 9.76.